The maximum Gasteiger partial charge on any atom is 0.506 e. The van der Waals surface area contributed by atoms with Gasteiger partial charge in [-0.3, -0.25) is 4.99 Å². The zero-order chi connectivity index (χ0) is 8.53. The molecule has 0 aliphatic rings. The second-order valence-electron chi connectivity index (χ2n) is 1.49. The Morgan fingerprint density at radius 1 is 1.82 bits per heavy atom. The van der Waals surface area contributed by atoms with Gasteiger partial charge in [-0.1, -0.05) is 0 Å². The van der Waals surface area contributed by atoms with Crippen LogP contribution in [0.4, 0.5) is 4.79 Å². The summed E-state index contributed by atoms with van der Waals surface area (Å²) in [6.07, 6.45) is -0.0293. The van der Waals surface area contributed by atoms with E-state index in [4.69, 9.17) is 10.8 Å². The summed E-state index contributed by atoms with van der Waals surface area (Å²) in [5.41, 5.74) is 4.97. The fraction of sp³-hybridized carbons (Fsp3) is 0.600. The van der Waals surface area contributed by atoms with Crippen LogP contribution in [0.3, 0.4) is 0 Å². The third-order valence-electron chi connectivity index (χ3n) is 0.736. The van der Waals surface area contributed by atoms with Crippen molar-refractivity contribution in [3.05, 3.63) is 0 Å². The van der Waals surface area contributed by atoms with Gasteiger partial charge in [-0.25, -0.2) is 4.79 Å². The number of hydrogen-bond donors (Lipinski definition) is 2. The largest absolute Gasteiger partial charge is 0.506 e. The van der Waals surface area contributed by atoms with E-state index in [-0.39, 0.29) is 5.94 Å². The molecule has 0 atom stereocenters. The van der Waals surface area contributed by atoms with Gasteiger partial charge in [-0.15, -0.1) is 11.8 Å². The number of thioether (sulfide) groups is 1. The Morgan fingerprint density at radius 2 is 2.55 bits per heavy atom. The average Bonchev–Trinajstić information content (AvgIpc) is 1.96. The van der Waals surface area contributed by atoms with E-state index in [0.29, 0.717) is 12.3 Å². The van der Waals surface area contributed by atoms with Crippen molar-refractivity contribution in [3.8, 4) is 0 Å². The lowest BCUT2D eigenvalue weighted by Gasteiger charge is -1.97. The van der Waals surface area contributed by atoms with Gasteiger partial charge in [-0.05, 0) is 0 Å². The molecule has 0 fully saturated rings. The third-order valence-corrected chi connectivity index (χ3v) is 1.49. The molecular weight excluding hydrogens is 168 g/mol. The number of carboxylic acid groups (broad SMARTS) is 1. The van der Waals surface area contributed by atoms with Gasteiger partial charge in [0.05, 0.1) is 6.34 Å². The number of aliphatic imine (C=N–C) groups is 1. The van der Waals surface area contributed by atoms with Crippen molar-refractivity contribution in [2.75, 3.05) is 18.2 Å². The molecule has 0 spiro atoms. The number of nitrogens with zero attached hydrogens (tertiary/aromatic N) is 1. The maximum atomic E-state index is 9.80. The summed E-state index contributed by atoms with van der Waals surface area (Å²) in [7, 11) is 0. The first-order valence-electron chi connectivity index (χ1n) is 2.91. The number of nitrogens with two attached hydrogens (primary N) is 1. The second kappa shape index (κ2) is 7.20. The molecule has 3 N–H and O–H groups in total. The van der Waals surface area contributed by atoms with E-state index in [9.17, 15) is 4.79 Å². The van der Waals surface area contributed by atoms with E-state index < -0.39 is 6.16 Å². The molecule has 0 aromatic heterocycles. The smallest absolute Gasteiger partial charge is 0.450 e. The molecular formula is C5H10N2O3S. The van der Waals surface area contributed by atoms with Crippen molar-refractivity contribution >= 4 is 24.3 Å². The highest BCUT2D eigenvalue weighted by Crippen LogP contribution is 1.99. The van der Waals surface area contributed by atoms with Crippen LogP contribution in [0.2, 0.25) is 0 Å². The molecule has 0 bridgehead atoms. The standard InChI is InChI=1S/C5H10N2O3S/c6-3-7-1-2-11-4-10-5(8)9/h3H,1-2,4H2,(H2,6,7)(H,8,9). The van der Waals surface area contributed by atoms with Crippen LogP contribution in [0.15, 0.2) is 4.99 Å². The van der Waals surface area contributed by atoms with Crippen LogP contribution in [-0.2, 0) is 4.74 Å². The van der Waals surface area contributed by atoms with E-state index in [2.05, 4.69) is 9.73 Å². The molecule has 64 valence electrons. The zero-order valence-corrected chi connectivity index (χ0v) is 6.71. The monoisotopic (exact) mass is 178 g/mol. The summed E-state index contributed by atoms with van der Waals surface area (Å²) < 4.78 is 4.22. The average molecular weight is 178 g/mol. The van der Waals surface area contributed by atoms with Gasteiger partial charge in [0, 0.05) is 12.3 Å². The van der Waals surface area contributed by atoms with Crippen LogP contribution in [0.1, 0.15) is 0 Å². The van der Waals surface area contributed by atoms with Crippen molar-refractivity contribution in [2.24, 2.45) is 10.7 Å². The zero-order valence-electron chi connectivity index (χ0n) is 5.90. The molecule has 0 aliphatic carbocycles. The Balaban J connectivity index is 2.96. The molecule has 0 saturated heterocycles. The molecule has 5 nitrogen and oxygen atoms in total. The Hall–Kier alpha value is -0.910. The summed E-state index contributed by atoms with van der Waals surface area (Å²) in [5, 5.41) is 8.03. The highest BCUT2D eigenvalue weighted by Gasteiger charge is 1.93. The van der Waals surface area contributed by atoms with Crippen molar-refractivity contribution < 1.29 is 14.6 Å². The molecule has 0 amide bonds. The molecule has 0 aromatic carbocycles. The molecule has 6 heteroatoms. The Labute approximate surface area is 68.6 Å². The van der Waals surface area contributed by atoms with E-state index in [0.717, 1.165) is 0 Å². The lowest BCUT2D eigenvalue weighted by Crippen LogP contribution is -2.00. The SMILES string of the molecule is NC=NCCSCOC(=O)O. The molecule has 0 aromatic rings. The predicted octanol–water partition coefficient (Wildman–Crippen LogP) is 0.359. The minimum Gasteiger partial charge on any atom is -0.450 e. The molecule has 0 radical (unpaired) electrons. The summed E-state index contributed by atoms with van der Waals surface area (Å²) in [6.45, 7) is 0.587. The van der Waals surface area contributed by atoms with Gasteiger partial charge in [0.2, 0.25) is 0 Å². The van der Waals surface area contributed by atoms with Gasteiger partial charge in [0.1, 0.15) is 5.94 Å². The Bertz CT molecular complexity index is 140. The Kier molecular flexibility index (Phi) is 6.60. The van der Waals surface area contributed by atoms with Crippen molar-refractivity contribution in [3.63, 3.8) is 0 Å². The minimum absolute atomic E-state index is 0.148. The summed E-state index contributed by atoms with van der Waals surface area (Å²) in [6, 6.07) is 0. The van der Waals surface area contributed by atoms with Gasteiger partial charge >= 0.3 is 6.16 Å². The predicted molar refractivity (Wildman–Crippen MR) is 44.0 cm³/mol. The number of carbonyl (C=O) groups is 1. The van der Waals surface area contributed by atoms with Crippen LogP contribution in [-0.4, -0.2) is 35.8 Å². The highest BCUT2D eigenvalue weighted by atomic mass is 32.2. The number of rotatable bonds is 5. The van der Waals surface area contributed by atoms with Gasteiger partial charge in [0.25, 0.3) is 0 Å². The lowest BCUT2D eigenvalue weighted by molar-refractivity contribution is 0.109. The van der Waals surface area contributed by atoms with Crippen LogP contribution in [0, 0.1) is 0 Å². The van der Waals surface area contributed by atoms with E-state index in [1.165, 1.54) is 18.1 Å². The lowest BCUT2D eigenvalue weighted by atomic mass is 10.8. The second-order valence-corrected chi connectivity index (χ2v) is 2.54. The first kappa shape index (κ1) is 10.1. The molecule has 0 saturated carbocycles. The summed E-state index contributed by atoms with van der Waals surface area (Å²) >= 11 is 1.35. The summed E-state index contributed by atoms with van der Waals surface area (Å²) in [5.74, 6) is 0.858. The Morgan fingerprint density at radius 3 is 3.09 bits per heavy atom. The molecule has 0 rings (SSSR count). The fourth-order valence-electron chi connectivity index (χ4n) is 0.343. The minimum atomic E-state index is -1.25. The van der Waals surface area contributed by atoms with E-state index >= 15 is 0 Å². The van der Waals surface area contributed by atoms with Crippen LogP contribution >= 0.6 is 11.8 Å². The van der Waals surface area contributed by atoms with E-state index in [1.807, 2.05) is 0 Å². The first-order chi connectivity index (χ1) is 5.27. The van der Waals surface area contributed by atoms with Gasteiger partial charge < -0.3 is 15.6 Å². The summed E-state index contributed by atoms with van der Waals surface area (Å²) in [4.78, 5) is 13.5. The highest BCUT2D eigenvalue weighted by molar-refractivity contribution is 7.99. The maximum absolute atomic E-state index is 9.80. The molecule has 0 unspecified atom stereocenters. The fourth-order valence-corrected chi connectivity index (χ4v) is 0.879. The van der Waals surface area contributed by atoms with Crippen LogP contribution < -0.4 is 5.73 Å². The molecule has 0 heterocycles. The molecule has 0 aliphatic heterocycles. The normalized spacial score (nSPS) is 10.2. The van der Waals surface area contributed by atoms with Crippen molar-refractivity contribution in [1.82, 2.24) is 0 Å². The van der Waals surface area contributed by atoms with Crippen molar-refractivity contribution in [1.29, 1.82) is 0 Å². The van der Waals surface area contributed by atoms with E-state index in [1.54, 1.807) is 0 Å². The molecule has 11 heavy (non-hydrogen) atoms. The van der Waals surface area contributed by atoms with Crippen LogP contribution in [0.25, 0.3) is 0 Å². The number of ether oxygens (including phenoxy) is 1. The topological polar surface area (TPSA) is 84.9 Å². The third kappa shape index (κ3) is 9.09. The van der Waals surface area contributed by atoms with Gasteiger partial charge in [-0.2, -0.15) is 0 Å². The number of hydrogen-bond acceptors (Lipinski definition) is 4. The van der Waals surface area contributed by atoms with Crippen molar-refractivity contribution in [2.45, 2.75) is 0 Å². The van der Waals surface area contributed by atoms with Crippen LogP contribution in [0.5, 0.6) is 0 Å². The quantitative estimate of drug-likeness (QED) is 0.209. The van der Waals surface area contributed by atoms with Gasteiger partial charge in [0.15, 0.2) is 0 Å². The first-order valence-corrected chi connectivity index (χ1v) is 4.06.